The number of hydrogen-bond donors (Lipinski definition) is 7. The Balaban J connectivity index is 0.000000218. The van der Waals surface area contributed by atoms with Gasteiger partial charge in [-0.2, -0.15) is 0 Å². The lowest BCUT2D eigenvalue weighted by atomic mass is 9.78. The molecule has 4 fully saturated rings. The number of carbonyl (C=O) groups excluding carboxylic acids is 5. The Morgan fingerprint density at radius 2 is 0.933 bits per heavy atom. The second-order valence-corrected chi connectivity index (χ2v) is 44.4. The van der Waals surface area contributed by atoms with Gasteiger partial charge in [0.15, 0.2) is 55.5 Å². The standard InChI is InChI=1S/C53H64ClFN8O9S.C28H32ClFN6O5S.C25H34N2O5.2CH4/c1-52(2,3)43-21-31-20-42(41(70-6)23-35(31)39-24-40(64)36(49(66)67)28-63(39)43)72-18-11-9-8-10-14-56-44(65)25-53(4,5)30-61-27-33-26-60(16-17-62(33)51(61)69)29-38-45(50(68)71-7)46(34-13-12-32(55)22-37(34)54)59-47(58-38)48-57-15-19-73-48;1-28(2,11-21(37)38)15-35-13-17-12-34(7-8-36(17)27(35)40)14-20-22(26(39)41-3)23(18-5-4-16(30)10-19(18)29)33-24(32-20)25-31-6-9-42-25;1-25(2,3)23-12-16-11-22(32-10-8-6-5-7-9-26)21(31-4)13-17(16)19-14-20(28)18(24(29)30)15-27(19)23;;/h12-13,15,19-20,22-24,28,33,43,46H,8-11,14,16-18,21,25-27,29-30H2,1-7H3,(H,56,65)(H,58,59)(H,66,67);4-6,9-10,17,23H,7-8,11-15H2,1-3H3,(H,32,33)(H,37,38);11,13-15,23H,5-10,12,26H2,1-4H3,(H,29,30);2*1H4/t33-,43?,46-;17-,23-;;;/m00.../s1. The van der Waals surface area contributed by atoms with Gasteiger partial charge in [0.05, 0.1) is 82.7 Å². The normalized spacial score (nSPS) is 18.5. The number of fused-ring (bicyclic) bond motifs is 8. The molecule has 0 bridgehead atoms. The number of carbonyl (C=O) groups is 8. The highest BCUT2D eigenvalue weighted by molar-refractivity contribution is 7.12. The van der Waals surface area contributed by atoms with E-state index in [0.717, 1.165) is 73.6 Å². The number of amides is 5. The van der Waals surface area contributed by atoms with Gasteiger partial charge in [-0.15, -0.1) is 22.7 Å². The number of amidine groups is 2. The van der Waals surface area contributed by atoms with Crippen molar-refractivity contribution in [1.82, 2.24) is 64.5 Å². The number of piperazine rings is 2. The molecule has 8 N–H and O–H groups in total. The van der Waals surface area contributed by atoms with Gasteiger partial charge in [-0.1, -0.05) is 145 Å². The molecule has 35 nitrogen and oxygen atoms in total. The summed E-state index contributed by atoms with van der Waals surface area (Å²) >= 11 is 15.8. The number of aromatic nitrogens is 4. The van der Waals surface area contributed by atoms with Crippen LogP contribution in [0.15, 0.2) is 150 Å². The summed E-state index contributed by atoms with van der Waals surface area (Å²) in [7, 11) is 5.75. The summed E-state index contributed by atoms with van der Waals surface area (Å²) in [6.07, 6.45) is 15.3. The number of carboxylic acid groups (broad SMARTS) is 3. The summed E-state index contributed by atoms with van der Waals surface area (Å²) in [5.74, 6) is -2.30. The number of nitrogens with zero attached hydrogens (tertiary/aromatic N) is 12. The largest absolute Gasteiger partial charge is 0.493 e. The van der Waals surface area contributed by atoms with Crippen molar-refractivity contribution >= 4 is 105 Å². The topological polar surface area (TPSA) is 429 Å². The number of aliphatic imine (C=N–C) groups is 2. The fourth-order valence-corrected chi connectivity index (χ4v) is 22.2. The molecule has 0 radical (unpaired) electrons. The van der Waals surface area contributed by atoms with E-state index in [1.54, 1.807) is 31.5 Å². The number of hydrogen-bond acceptors (Lipinski definition) is 27. The molecule has 8 aliphatic rings. The Kier molecular flexibility index (Phi) is 38.1. The fourth-order valence-electron chi connectivity index (χ4n) is 20.4. The van der Waals surface area contributed by atoms with Crippen LogP contribution in [-0.4, -0.2) is 269 Å². The molecule has 804 valence electrons. The number of pyridine rings is 2. The molecule has 8 aromatic rings. The van der Waals surface area contributed by atoms with E-state index in [1.807, 2.05) is 86.6 Å². The molecule has 149 heavy (non-hydrogen) atoms. The molecule has 6 atom stereocenters. The average Bonchev–Trinajstić information content (AvgIpc) is 1.51. The summed E-state index contributed by atoms with van der Waals surface area (Å²) in [5, 5.41) is 43.2. The lowest BCUT2D eigenvalue weighted by molar-refractivity contribution is -0.139. The fraction of sp³-hybridized carbons (Fsp3) is 0.500. The van der Waals surface area contributed by atoms with E-state index in [-0.39, 0.29) is 113 Å². The third kappa shape index (κ3) is 27.4. The van der Waals surface area contributed by atoms with Gasteiger partial charge in [-0.05, 0) is 126 Å². The molecule has 8 aliphatic heterocycles. The summed E-state index contributed by atoms with van der Waals surface area (Å²) in [5.41, 5.74) is 10.2. The monoisotopic (exact) mass is 2130 g/mol. The number of methoxy groups -OCH3 is 4. The van der Waals surface area contributed by atoms with E-state index >= 15 is 0 Å². The Morgan fingerprint density at radius 3 is 1.30 bits per heavy atom. The summed E-state index contributed by atoms with van der Waals surface area (Å²) < 4.78 is 65.9. The van der Waals surface area contributed by atoms with Crippen LogP contribution in [0.2, 0.25) is 10.0 Å². The first kappa shape index (κ1) is 115. The number of urea groups is 2. The van der Waals surface area contributed by atoms with Crippen LogP contribution < -0.4 is 51.5 Å². The van der Waals surface area contributed by atoms with Crippen LogP contribution in [0.5, 0.6) is 23.0 Å². The number of thiazole rings is 2. The van der Waals surface area contributed by atoms with Crippen molar-refractivity contribution in [2.75, 3.05) is 133 Å². The number of aromatic carboxylic acids is 2. The van der Waals surface area contributed by atoms with Crippen LogP contribution in [0.1, 0.15) is 225 Å². The molecular weight excluding hydrogens is 2000 g/mol. The Bertz CT molecular complexity index is 6520. The minimum atomic E-state index is -1.25. The van der Waals surface area contributed by atoms with Crippen LogP contribution in [-0.2, 0) is 41.5 Å². The predicted molar refractivity (Wildman–Crippen MR) is 569 cm³/mol. The summed E-state index contributed by atoms with van der Waals surface area (Å²) in [6, 6.07) is 16.3. The van der Waals surface area contributed by atoms with Crippen molar-refractivity contribution in [3.8, 4) is 45.5 Å². The van der Waals surface area contributed by atoms with Gasteiger partial charge in [0, 0.05) is 195 Å². The first-order chi connectivity index (χ1) is 69.9. The van der Waals surface area contributed by atoms with Gasteiger partial charge in [0.25, 0.3) is 0 Å². The summed E-state index contributed by atoms with van der Waals surface area (Å²) in [6.45, 7) is 28.2. The van der Waals surface area contributed by atoms with E-state index < -0.39 is 75.3 Å². The van der Waals surface area contributed by atoms with E-state index in [4.69, 9.17) is 67.3 Å². The smallest absolute Gasteiger partial charge is 0.341 e. The number of carboxylic acids is 3. The highest BCUT2D eigenvalue weighted by atomic mass is 35.5. The number of unbranched alkanes of at least 4 members (excludes halogenated alkanes) is 6. The number of halogens is 4. The molecule has 41 heteroatoms. The second kappa shape index (κ2) is 49.4. The predicted octanol–water partition coefficient (Wildman–Crippen LogP) is 16.6. The third-order valence-corrected chi connectivity index (χ3v) is 29.8. The Hall–Kier alpha value is -12.7. The Morgan fingerprint density at radius 1 is 0.523 bits per heavy atom. The second-order valence-electron chi connectivity index (χ2n) is 41.8. The number of rotatable bonds is 37. The maximum Gasteiger partial charge on any atom is 0.341 e. The van der Waals surface area contributed by atoms with Crippen molar-refractivity contribution in [1.29, 1.82) is 0 Å². The molecule has 4 aromatic carbocycles. The molecule has 2 unspecified atom stereocenters. The molecule has 4 saturated heterocycles. The van der Waals surface area contributed by atoms with Crippen LogP contribution in [0, 0.1) is 33.3 Å². The third-order valence-electron chi connectivity index (χ3n) is 27.6. The maximum atomic E-state index is 14.2. The molecule has 16 rings (SSSR count). The zero-order valence-corrected chi connectivity index (χ0v) is 88.4. The van der Waals surface area contributed by atoms with E-state index in [9.17, 15) is 72.0 Å². The van der Waals surface area contributed by atoms with Gasteiger partial charge >= 0.3 is 41.9 Å². The zero-order chi connectivity index (χ0) is 106. The van der Waals surface area contributed by atoms with E-state index in [0.29, 0.717) is 196 Å². The van der Waals surface area contributed by atoms with Crippen molar-refractivity contribution in [3.05, 3.63) is 216 Å². The highest BCUT2D eigenvalue weighted by Gasteiger charge is 2.48. The lowest BCUT2D eigenvalue weighted by Crippen LogP contribution is -2.53. The van der Waals surface area contributed by atoms with Crippen LogP contribution in [0.4, 0.5) is 18.4 Å². The van der Waals surface area contributed by atoms with Gasteiger partial charge in [-0.25, -0.2) is 47.5 Å². The highest BCUT2D eigenvalue weighted by Crippen LogP contribution is 2.50. The van der Waals surface area contributed by atoms with Crippen molar-refractivity contribution in [2.24, 2.45) is 37.4 Å². The van der Waals surface area contributed by atoms with Crippen molar-refractivity contribution in [2.45, 2.75) is 197 Å². The molecule has 0 aliphatic carbocycles. The first-order valence-electron chi connectivity index (χ1n) is 49.3. The number of aliphatic carboxylic acids is 1. The molecule has 0 spiro atoms. The van der Waals surface area contributed by atoms with Crippen molar-refractivity contribution in [3.63, 3.8) is 0 Å². The quantitative estimate of drug-likeness (QED) is 0.0140. The van der Waals surface area contributed by atoms with E-state index in [1.165, 1.54) is 97.8 Å². The van der Waals surface area contributed by atoms with Crippen LogP contribution >= 0.6 is 45.9 Å². The first-order valence-corrected chi connectivity index (χ1v) is 51.8. The zero-order valence-electron chi connectivity index (χ0n) is 85.3. The molecule has 12 heterocycles. The maximum absolute atomic E-state index is 14.2. The minimum absolute atomic E-state index is 0. The lowest BCUT2D eigenvalue weighted by Gasteiger charge is -2.39. The molecule has 0 saturated carbocycles. The van der Waals surface area contributed by atoms with Gasteiger partial charge in [0.1, 0.15) is 34.8 Å². The number of nitrogens with one attached hydrogen (secondary N) is 3. The number of nitrogens with two attached hydrogens (primary N) is 1. The average molecular weight is 2140 g/mol. The SMILES string of the molecule is C.C.COC(=O)C1=C(CN2CCN3C(=O)N(CC(C)(C)CC(=O)NCCCCCCOc4cc5c(cc4OC)-c4cc(=O)c(C(=O)O)cn4C(C(C)(C)C)C5)C[C@@H]3C2)NC(c2nccs2)=N[C@H]1c1ccc(F)cc1Cl.COC(=O)C1=C(CN2CCN3C(=O)N(CC(C)(C)CC(=O)O)C[C@@H]3C2)NC(c2nccs2)=N[C@H]1c1ccc(F)cc1Cl.COc1cc2c(cc1OCCCCCCN)CC(C(C)(C)C)n1cc(C(=O)O)c(=O)cc1-2. The Labute approximate surface area is 885 Å². The van der Waals surface area contributed by atoms with Gasteiger partial charge < -0.3 is 94.2 Å². The molecular formula is C108H138Cl2F2N16O19S2. The van der Waals surface area contributed by atoms with Crippen molar-refractivity contribution < 1.29 is 90.9 Å². The molecule has 4 aromatic heterocycles. The number of esters is 2. The summed E-state index contributed by atoms with van der Waals surface area (Å²) in [4.78, 5) is 157. The minimum Gasteiger partial charge on any atom is -0.493 e. The van der Waals surface area contributed by atoms with Gasteiger partial charge in [0.2, 0.25) is 5.91 Å². The molecule has 5 amide bonds. The number of ether oxygens (including phenoxy) is 6. The van der Waals surface area contributed by atoms with Crippen LogP contribution in [0.25, 0.3) is 22.5 Å². The van der Waals surface area contributed by atoms with Gasteiger partial charge in [-0.3, -0.25) is 39.0 Å². The van der Waals surface area contributed by atoms with E-state index in [2.05, 4.69) is 77.3 Å². The number of benzene rings is 4. The van der Waals surface area contributed by atoms with Crippen LogP contribution in [0.3, 0.4) is 0 Å².